The minimum absolute atomic E-state index is 0.753. The van der Waals surface area contributed by atoms with Crippen LogP contribution in [0.2, 0.25) is 5.02 Å². The van der Waals surface area contributed by atoms with E-state index in [9.17, 15) is 0 Å². The van der Waals surface area contributed by atoms with Gasteiger partial charge in [-0.3, -0.25) is 0 Å². The summed E-state index contributed by atoms with van der Waals surface area (Å²) in [6.45, 7) is 0.850. The predicted molar refractivity (Wildman–Crippen MR) is 82.4 cm³/mol. The summed E-state index contributed by atoms with van der Waals surface area (Å²) >= 11 is 11.0. The highest BCUT2D eigenvalue weighted by Crippen LogP contribution is 2.27. The van der Waals surface area contributed by atoms with Crippen molar-refractivity contribution in [2.45, 2.75) is 8.68 Å². The second-order valence-electron chi connectivity index (χ2n) is 3.29. The largest absolute Gasteiger partial charge is 0.383 e. The molecule has 1 N–H and O–H groups in total. The monoisotopic (exact) mass is 317 g/mol. The fourth-order valence-electron chi connectivity index (χ4n) is 1.27. The van der Waals surface area contributed by atoms with Gasteiger partial charge in [0.1, 0.15) is 0 Å². The van der Waals surface area contributed by atoms with E-state index < -0.39 is 0 Å². The fourth-order valence-corrected chi connectivity index (χ4v) is 3.83. The summed E-state index contributed by atoms with van der Waals surface area (Å²) in [5.74, 6) is 0.939. The van der Waals surface area contributed by atoms with E-state index in [4.69, 9.17) is 11.6 Å². The Morgan fingerprint density at radius 1 is 1.28 bits per heavy atom. The molecule has 1 aromatic carbocycles. The second kappa shape index (κ2) is 7.23. The lowest BCUT2D eigenvalue weighted by atomic mass is 10.3. The van der Waals surface area contributed by atoms with Crippen LogP contribution in [-0.2, 0) is 0 Å². The Kier molecular flexibility index (Phi) is 5.62. The highest BCUT2D eigenvalue weighted by Gasteiger charge is 2.03. The van der Waals surface area contributed by atoms with E-state index in [1.54, 1.807) is 34.9 Å². The van der Waals surface area contributed by atoms with Crippen LogP contribution < -0.4 is 5.32 Å². The third-order valence-electron chi connectivity index (χ3n) is 2.08. The fraction of sp³-hybridized carbons (Fsp3) is 0.273. The molecule has 0 amide bonds. The number of hydrogen-bond donors (Lipinski definition) is 1. The van der Waals surface area contributed by atoms with E-state index >= 15 is 0 Å². The molecule has 7 heteroatoms. The quantitative estimate of drug-likeness (QED) is 0.641. The molecule has 0 saturated carbocycles. The molecule has 0 saturated heterocycles. The number of benzene rings is 1. The number of para-hydroxylation sites is 1. The molecule has 0 fully saturated rings. The van der Waals surface area contributed by atoms with Crippen LogP contribution in [0.4, 0.5) is 5.69 Å². The van der Waals surface area contributed by atoms with Gasteiger partial charge in [0.25, 0.3) is 0 Å². The number of rotatable bonds is 6. The van der Waals surface area contributed by atoms with Crippen LogP contribution in [0.5, 0.6) is 0 Å². The minimum Gasteiger partial charge on any atom is -0.383 e. The van der Waals surface area contributed by atoms with Gasteiger partial charge in [0.15, 0.2) is 8.68 Å². The summed E-state index contributed by atoms with van der Waals surface area (Å²) in [5, 5.41) is 12.2. The molecule has 0 unspecified atom stereocenters. The van der Waals surface area contributed by atoms with Crippen molar-refractivity contribution in [3.05, 3.63) is 29.3 Å². The minimum atomic E-state index is 0.753. The molecule has 0 radical (unpaired) electrons. The summed E-state index contributed by atoms with van der Waals surface area (Å²) in [7, 11) is 0. The molecule has 2 aromatic rings. The molecular formula is C11H12ClN3S3. The van der Waals surface area contributed by atoms with Crippen molar-refractivity contribution in [3.8, 4) is 0 Å². The van der Waals surface area contributed by atoms with E-state index in [2.05, 4.69) is 15.5 Å². The molecule has 0 bridgehead atoms. The SMILES string of the molecule is CSc1nnc(SCCNc2ccccc2Cl)s1. The average Bonchev–Trinajstić information content (AvgIpc) is 2.84. The number of anilines is 1. The van der Waals surface area contributed by atoms with Crippen LogP contribution in [0, 0.1) is 0 Å². The molecule has 0 aliphatic rings. The summed E-state index contributed by atoms with van der Waals surface area (Å²) in [6, 6.07) is 7.75. The van der Waals surface area contributed by atoms with Gasteiger partial charge in [-0.15, -0.1) is 10.2 Å². The van der Waals surface area contributed by atoms with Gasteiger partial charge in [-0.25, -0.2) is 0 Å². The number of hydrogen-bond acceptors (Lipinski definition) is 6. The zero-order valence-corrected chi connectivity index (χ0v) is 12.9. The van der Waals surface area contributed by atoms with Crippen molar-refractivity contribution in [2.24, 2.45) is 0 Å². The Morgan fingerprint density at radius 3 is 2.78 bits per heavy atom. The van der Waals surface area contributed by atoms with Crippen LogP contribution in [0.3, 0.4) is 0 Å². The van der Waals surface area contributed by atoms with E-state index in [1.165, 1.54) is 0 Å². The van der Waals surface area contributed by atoms with Gasteiger partial charge in [-0.05, 0) is 18.4 Å². The Morgan fingerprint density at radius 2 is 2.06 bits per heavy atom. The predicted octanol–water partition coefficient (Wildman–Crippen LogP) is 4.12. The molecule has 1 aromatic heterocycles. The van der Waals surface area contributed by atoms with E-state index in [0.29, 0.717) is 0 Å². The van der Waals surface area contributed by atoms with Gasteiger partial charge >= 0.3 is 0 Å². The molecular weight excluding hydrogens is 306 g/mol. The zero-order chi connectivity index (χ0) is 12.8. The summed E-state index contributed by atoms with van der Waals surface area (Å²) in [4.78, 5) is 0. The number of thioether (sulfide) groups is 2. The molecule has 2 rings (SSSR count). The van der Waals surface area contributed by atoms with Crippen LogP contribution in [0.15, 0.2) is 32.9 Å². The lowest BCUT2D eigenvalue weighted by Crippen LogP contribution is -2.04. The first kappa shape index (κ1) is 14.0. The average molecular weight is 318 g/mol. The van der Waals surface area contributed by atoms with Crippen molar-refractivity contribution in [1.29, 1.82) is 0 Å². The van der Waals surface area contributed by atoms with Crippen molar-refractivity contribution in [3.63, 3.8) is 0 Å². The van der Waals surface area contributed by atoms with Gasteiger partial charge in [0.05, 0.1) is 10.7 Å². The first-order chi connectivity index (χ1) is 8.79. The van der Waals surface area contributed by atoms with Gasteiger partial charge in [-0.1, -0.05) is 58.6 Å². The molecule has 0 aliphatic carbocycles. The van der Waals surface area contributed by atoms with Gasteiger partial charge in [-0.2, -0.15) is 0 Å². The summed E-state index contributed by atoms with van der Waals surface area (Å²) in [5.41, 5.74) is 0.974. The van der Waals surface area contributed by atoms with Crippen LogP contribution >= 0.6 is 46.5 Å². The number of aromatic nitrogens is 2. The number of nitrogens with one attached hydrogen (secondary N) is 1. The van der Waals surface area contributed by atoms with Gasteiger partial charge in [0, 0.05) is 12.3 Å². The Balaban J connectivity index is 1.74. The third kappa shape index (κ3) is 4.05. The maximum absolute atomic E-state index is 6.05. The van der Waals surface area contributed by atoms with Gasteiger partial charge < -0.3 is 5.32 Å². The van der Waals surface area contributed by atoms with Gasteiger partial charge in [0.2, 0.25) is 0 Å². The Hall–Kier alpha value is -0.430. The third-order valence-corrected chi connectivity index (χ3v) is 5.44. The normalized spacial score (nSPS) is 10.6. The Bertz CT molecular complexity index is 504. The molecule has 18 heavy (non-hydrogen) atoms. The molecule has 0 spiro atoms. The first-order valence-corrected chi connectivity index (χ1v) is 8.69. The summed E-state index contributed by atoms with van der Waals surface area (Å²) < 4.78 is 2.02. The smallest absolute Gasteiger partial charge is 0.175 e. The van der Waals surface area contributed by atoms with Crippen molar-refractivity contribution >= 4 is 52.1 Å². The van der Waals surface area contributed by atoms with E-state index in [1.807, 2.05) is 30.5 Å². The molecule has 0 atom stereocenters. The lowest BCUT2D eigenvalue weighted by Gasteiger charge is -2.06. The van der Waals surface area contributed by atoms with E-state index in [0.717, 1.165) is 31.7 Å². The number of halogens is 1. The molecule has 0 aliphatic heterocycles. The van der Waals surface area contributed by atoms with E-state index in [-0.39, 0.29) is 0 Å². The molecule has 96 valence electrons. The maximum atomic E-state index is 6.05. The highest BCUT2D eigenvalue weighted by atomic mass is 35.5. The van der Waals surface area contributed by atoms with Crippen molar-refractivity contribution < 1.29 is 0 Å². The van der Waals surface area contributed by atoms with Crippen molar-refractivity contribution in [1.82, 2.24) is 10.2 Å². The molecule has 3 nitrogen and oxygen atoms in total. The summed E-state index contributed by atoms with van der Waals surface area (Å²) in [6.07, 6.45) is 2.01. The zero-order valence-electron chi connectivity index (χ0n) is 9.72. The van der Waals surface area contributed by atoms with Crippen LogP contribution in [-0.4, -0.2) is 28.8 Å². The number of nitrogens with zero attached hydrogens (tertiary/aromatic N) is 2. The molecule has 1 heterocycles. The maximum Gasteiger partial charge on any atom is 0.175 e. The Labute approximate surface area is 124 Å². The lowest BCUT2D eigenvalue weighted by molar-refractivity contribution is 0.955. The first-order valence-electron chi connectivity index (χ1n) is 5.28. The highest BCUT2D eigenvalue weighted by molar-refractivity contribution is 8.02. The topological polar surface area (TPSA) is 37.8 Å². The van der Waals surface area contributed by atoms with Crippen molar-refractivity contribution in [2.75, 3.05) is 23.9 Å². The van der Waals surface area contributed by atoms with Crippen LogP contribution in [0.25, 0.3) is 0 Å². The second-order valence-corrected chi connectivity index (χ2v) is 7.07. The van der Waals surface area contributed by atoms with Crippen LogP contribution in [0.1, 0.15) is 0 Å². The standard InChI is InChI=1S/C11H12ClN3S3/c1-16-10-14-15-11(18-10)17-7-6-13-9-5-3-2-4-8(9)12/h2-5,13H,6-7H2,1H3.